The third-order valence-corrected chi connectivity index (χ3v) is 5.27. The Morgan fingerprint density at radius 2 is 1.44 bits per heavy atom. The van der Waals surface area contributed by atoms with Crippen LogP contribution in [0, 0.1) is 18.3 Å². The average Bonchev–Trinajstić information content (AvgIpc) is 2.74. The number of piperazine rings is 1. The number of rotatable bonds is 3. The molecule has 2 fully saturated rings. The van der Waals surface area contributed by atoms with Gasteiger partial charge in [0, 0.05) is 45.0 Å². The SMILES string of the molecule is Cc1cc(N2CCN(c3ccc(N4CCOCC4)nn3)CC2)ccc1C#N. The predicted molar refractivity (Wildman–Crippen MR) is 105 cm³/mol. The maximum absolute atomic E-state index is 9.09. The molecule has 2 aromatic rings. The summed E-state index contributed by atoms with van der Waals surface area (Å²) in [4.78, 5) is 6.86. The second kappa shape index (κ2) is 7.80. The lowest BCUT2D eigenvalue weighted by atomic mass is 10.1. The van der Waals surface area contributed by atoms with Crippen molar-refractivity contribution in [3.8, 4) is 6.07 Å². The number of aryl methyl sites for hydroxylation is 1. The lowest BCUT2D eigenvalue weighted by molar-refractivity contribution is 0.122. The van der Waals surface area contributed by atoms with Crippen LogP contribution in [0.2, 0.25) is 0 Å². The molecular weight excluding hydrogens is 340 g/mol. The molecule has 27 heavy (non-hydrogen) atoms. The molecule has 1 aromatic heterocycles. The molecular formula is C20H24N6O. The van der Waals surface area contributed by atoms with E-state index in [2.05, 4.69) is 49.2 Å². The van der Waals surface area contributed by atoms with Crippen LogP contribution in [-0.2, 0) is 4.74 Å². The van der Waals surface area contributed by atoms with Gasteiger partial charge in [-0.15, -0.1) is 10.2 Å². The van der Waals surface area contributed by atoms with Gasteiger partial charge < -0.3 is 19.4 Å². The van der Waals surface area contributed by atoms with E-state index in [0.29, 0.717) is 0 Å². The van der Waals surface area contributed by atoms with Crippen LogP contribution in [0.1, 0.15) is 11.1 Å². The standard InChI is InChI=1S/C20H24N6O/c1-16-14-18(3-2-17(16)15-21)24-6-8-25(9-7-24)19-4-5-20(23-22-19)26-10-12-27-13-11-26/h2-5,14H,6-13H2,1H3. The largest absolute Gasteiger partial charge is 0.378 e. The van der Waals surface area contributed by atoms with Gasteiger partial charge in [-0.05, 0) is 42.8 Å². The summed E-state index contributed by atoms with van der Waals surface area (Å²) in [5.41, 5.74) is 2.95. The van der Waals surface area contributed by atoms with E-state index in [9.17, 15) is 0 Å². The molecule has 2 saturated heterocycles. The zero-order valence-corrected chi connectivity index (χ0v) is 15.6. The number of hydrogen-bond donors (Lipinski definition) is 0. The number of nitrogens with zero attached hydrogens (tertiary/aromatic N) is 6. The lowest BCUT2D eigenvalue weighted by Crippen LogP contribution is -2.47. The molecule has 0 radical (unpaired) electrons. The molecule has 0 unspecified atom stereocenters. The van der Waals surface area contributed by atoms with E-state index in [-0.39, 0.29) is 0 Å². The van der Waals surface area contributed by atoms with Gasteiger partial charge in [0.1, 0.15) is 0 Å². The van der Waals surface area contributed by atoms with Crippen molar-refractivity contribution in [3.63, 3.8) is 0 Å². The van der Waals surface area contributed by atoms with E-state index in [1.54, 1.807) is 0 Å². The summed E-state index contributed by atoms with van der Waals surface area (Å²) < 4.78 is 5.39. The molecule has 0 atom stereocenters. The van der Waals surface area contributed by atoms with Gasteiger partial charge >= 0.3 is 0 Å². The third-order valence-electron chi connectivity index (χ3n) is 5.27. The topological polar surface area (TPSA) is 68.5 Å². The second-order valence-corrected chi connectivity index (χ2v) is 6.93. The van der Waals surface area contributed by atoms with E-state index >= 15 is 0 Å². The highest BCUT2D eigenvalue weighted by molar-refractivity contribution is 5.55. The molecule has 0 amide bonds. The molecule has 4 rings (SSSR count). The molecule has 2 aliphatic rings. The quantitative estimate of drug-likeness (QED) is 0.823. The predicted octanol–water partition coefficient (Wildman–Crippen LogP) is 1.82. The monoisotopic (exact) mass is 364 g/mol. The fourth-order valence-corrected chi connectivity index (χ4v) is 3.61. The van der Waals surface area contributed by atoms with Crippen molar-refractivity contribution >= 4 is 17.3 Å². The van der Waals surface area contributed by atoms with Crippen LogP contribution in [-0.4, -0.2) is 62.7 Å². The van der Waals surface area contributed by atoms with Crippen molar-refractivity contribution < 1.29 is 4.74 Å². The molecule has 3 heterocycles. The summed E-state index contributed by atoms with van der Waals surface area (Å²) >= 11 is 0. The molecule has 0 saturated carbocycles. The highest BCUT2D eigenvalue weighted by Gasteiger charge is 2.20. The summed E-state index contributed by atoms with van der Waals surface area (Å²) in [6.45, 7) is 8.91. The smallest absolute Gasteiger partial charge is 0.151 e. The maximum Gasteiger partial charge on any atom is 0.151 e. The fourth-order valence-electron chi connectivity index (χ4n) is 3.61. The van der Waals surface area contributed by atoms with Crippen LogP contribution < -0.4 is 14.7 Å². The van der Waals surface area contributed by atoms with E-state index in [0.717, 1.165) is 75.2 Å². The minimum absolute atomic E-state index is 0.744. The van der Waals surface area contributed by atoms with Crippen LogP contribution in [0.25, 0.3) is 0 Å². The third kappa shape index (κ3) is 3.81. The number of aromatic nitrogens is 2. The molecule has 0 N–H and O–H groups in total. The first-order valence-corrected chi connectivity index (χ1v) is 9.42. The van der Waals surface area contributed by atoms with Gasteiger partial charge in [0.05, 0.1) is 24.8 Å². The summed E-state index contributed by atoms with van der Waals surface area (Å²) in [5.74, 6) is 1.86. The van der Waals surface area contributed by atoms with Crippen LogP contribution in [0.3, 0.4) is 0 Å². The van der Waals surface area contributed by atoms with E-state index in [1.807, 2.05) is 19.1 Å². The van der Waals surface area contributed by atoms with Crippen LogP contribution in [0.5, 0.6) is 0 Å². The van der Waals surface area contributed by atoms with Crippen molar-refractivity contribution in [1.82, 2.24) is 10.2 Å². The molecule has 140 valence electrons. The first-order valence-electron chi connectivity index (χ1n) is 9.42. The molecule has 0 aliphatic carbocycles. The Morgan fingerprint density at radius 1 is 0.852 bits per heavy atom. The number of hydrogen-bond acceptors (Lipinski definition) is 7. The van der Waals surface area contributed by atoms with Gasteiger partial charge in [-0.1, -0.05) is 0 Å². The van der Waals surface area contributed by atoms with Gasteiger partial charge in [0.2, 0.25) is 0 Å². The van der Waals surface area contributed by atoms with Crippen molar-refractivity contribution in [2.45, 2.75) is 6.92 Å². The lowest BCUT2D eigenvalue weighted by Gasteiger charge is -2.36. The Bertz CT molecular complexity index is 817. The molecule has 7 heteroatoms. The Kier molecular flexibility index (Phi) is 5.07. The molecule has 2 aliphatic heterocycles. The highest BCUT2D eigenvalue weighted by atomic mass is 16.5. The first kappa shape index (κ1) is 17.6. The fraction of sp³-hybridized carbons (Fsp3) is 0.450. The van der Waals surface area contributed by atoms with Gasteiger partial charge in [0.25, 0.3) is 0 Å². The second-order valence-electron chi connectivity index (χ2n) is 6.93. The van der Waals surface area contributed by atoms with Crippen LogP contribution >= 0.6 is 0 Å². The Hall–Kier alpha value is -2.85. The normalized spacial score (nSPS) is 17.7. The number of morpholine rings is 1. The average molecular weight is 364 g/mol. The maximum atomic E-state index is 9.09. The Morgan fingerprint density at radius 3 is 2.00 bits per heavy atom. The van der Waals surface area contributed by atoms with Gasteiger partial charge in [-0.25, -0.2) is 0 Å². The van der Waals surface area contributed by atoms with Crippen molar-refractivity contribution in [1.29, 1.82) is 5.26 Å². The minimum atomic E-state index is 0.744. The highest BCUT2D eigenvalue weighted by Crippen LogP contribution is 2.22. The summed E-state index contributed by atoms with van der Waals surface area (Å²) in [6, 6.07) is 12.4. The van der Waals surface area contributed by atoms with Crippen molar-refractivity contribution in [3.05, 3.63) is 41.5 Å². The molecule has 7 nitrogen and oxygen atoms in total. The van der Waals surface area contributed by atoms with E-state index in [4.69, 9.17) is 10.00 Å². The van der Waals surface area contributed by atoms with E-state index < -0.39 is 0 Å². The number of ether oxygens (including phenoxy) is 1. The van der Waals surface area contributed by atoms with Crippen LogP contribution in [0.15, 0.2) is 30.3 Å². The summed E-state index contributed by atoms with van der Waals surface area (Å²) in [6.07, 6.45) is 0. The van der Waals surface area contributed by atoms with Crippen molar-refractivity contribution in [2.75, 3.05) is 67.2 Å². The number of nitriles is 1. The van der Waals surface area contributed by atoms with Crippen molar-refractivity contribution in [2.24, 2.45) is 0 Å². The van der Waals surface area contributed by atoms with Gasteiger partial charge in [-0.3, -0.25) is 0 Å². The number of anilines is 3. The number of benzene rings is 1. The summed E-state index contributed by atoms with van der Waals surface area (Å²) in [5, 5.41) is 18.0. The summed E-state index contributed by atoms with van der Waals surface area (Å²) in [7, 11) is 0. The van der Waals surface area contributed by atoms with Gasteiger partial charge in [-0.2, -0.15) is 5.26 Å². The molecule has 1 aromatic carbocycles. The van der Waals surface area contributed by atoms with Crippen LogP contribution in [0.4, 0.5) is 17.3 Å². The Labute approximate surface area is 159 Å². The minimum Gasteiger partial charge on any atom is -0.378 e. The van der Waals surface area contributed by atoms with E-state index in [1.165, 1.54) is 5.69 Å². The van der Waals surface area contributed by atoms with Gasteiger partial charge in [0.15, 0.2) is 11.6 Å². The zero-order valence-electron chi connectivity index (χ0n) is 15.6. The molecule has 0 spiro atoms. The molecule has 0 bridgehead atoms. The first-order chi connectivity index (χ1) is 13.2. The Balaban J connectivity index is 1.37. The zero-order chi connectivity index (χ0) is 18.6.